The molecule has 2 heterocycles. The number of benzene rings is 1. The number of methoxy groups -OCH3 is 1. The molecule has 0 fully saturated rings. The second-order valence-electron chi connectivity index (χ2n) is 5.61. The zero-order valence-electron chi connectivity index (χ0n) is 13.1. The normalized spacial score (nSPS) is 15.1. The molecule has 1 aromatic carbocycles. The van der Waals surface area contributed by atoms with E-state index in [-0.39, 0.29) is 45.6 Å². The van der Waals surface area contributed by atoms with Crippen LogP contribution in [0.1, 0.15) is 18.9 Å². The van der Waals surface area contributed by atoms with Crippen molar-refractivity contribution in [3.05, 3.63) is 41.0 Å². The fraction of sp³-hybridized carbons (Fsp3) is 0.375. The molecule has 3 rings (SSSR count). The predicted molar refractivity (Wildman–Crippen MR) is 78.5 cm³/mol. The second-order valence-corrected chi connectivity index (χ2v) is 5.61. The Morgan fingerprint density at radius 1 is 1.41 bits per heavy atom. The fourth-order valence-electron chi connectivity index (χ4n) is 2.70. The van der Waals surface area contributed by atoms with E-state index in [1.165, 1.54) is 0 Å². The molecule has 4 nitrogen and oxygen atoms in total. The van der Waals surface area contributed by atoms with Crippen LogP contribution in [0, 0.1) is 6.92 Å². The van der Waals surface area contributed by atoms with Gasteiger partial charge in [0, 0.05) is 18.5 Å². The maximum Gasteiger partial charge on any atom is 1.00 e. The summed E-state index contributed by atoms with van der Waals surface area (Å²) in [5.74, 6) is 1.40. The van der Waals surface area contributed by atoms with Crippen LogP contribution in [0.2, 0.25) is 0 Å². The first-order valence-corrected chi connectivity index (χ1v) is 6.67. The number of hydrogen-bond acceptors (Lipinski definition) is 3. The first-order chi connectivity index (χ1) is 9.43. The van der Waals surface area contributed by atoms with Crippen LogP contribution in [0.3, 0.4) is 0 Å². The van der Waals surface area contributed by atoms with Crippen molar-refractivity contribution in [2.24, 2.45) is 7.05 Å². The summed E-state index contributed by atoms with van der Waals surface area (Å²) < 4.78 is 12.9. The third kappa shape index (κ3) is 3.13. The van der Waals surface area contributed by atoms with Crippen LogP contribution in [0.15, 0.2) is 23.0 Å². The van der Waals surface area contributed by atoms with E-state index in [2.05, 4.69) is 6.92 Å². The molecule has 1 aromatic heterocycles. The summed E-state index contributed by atoms with van der Waals surface area (Å²) >= 11 is 0. The molecule has 1 unspecified atom stereocenters. The van der Waals surface area contributed by atoms with Gasteiger partial charge in [0.2, 0.25) is 0 Å². The Bertz CT molecular complexity index is 755. The van der Waals surface area contributed by atoms with E-state index in [0.717, 1.165) is 28.6 Å². The van der Waals surface area contributed by atoms with Crippen LogP contribution in [0.4, 0.5) is 0 Å². The van der Waals surface area contributed by atoms with Gasteiger partial charge in [0.15, 0.2) is 0 Å². The van der Waals surface area contributed by atoms with E-state index in [1.54, 1.807) is 18.7 Å². The number of aromatic nitrogens is 1. The van der Waals surface area contributed by atoms with Gasteiger partial charge in [-0.3, -0.25) is 4.79 Å². The van der Waals surface area contributed by atoms with Crippen LogP contribution in [-0.2, 0) is 41.1 Å². The topological polar surface area (TPSA) is 40.5 Å². The average molecular weight is 508 g/mol. The average Bonchev–Trinajstić information content (AvgIpc) is 2.43. The molecule has 0 N–H and O–H groups in total. The van der Waals surface area contributed by atoms with Crippen molar-refractivity contribution in [3.8, 4) is 11.5 Å². The maximum absolute atomic E-state index is 12.5. The van der Waals surface area contributed by atoms with Crippen molar-refractivity contribution >= 4 is 10.9 Å². The minimum absolute atomic E-state index is 0. The molecule has 0 saturated carbocycles. The molecular formula is C16H18ClHgNO3. The van der Waals surface area contributed by atoms with Gasteiger partial charge in [-0.1, -0.05) is 0 Å². The zero-order chi connectivity index (χ0) is 14.5. The van der Waals surface area contributed by atoms with Crippen molar-refractivity contribution in [1.29, 1.82) is 0 Å². The number of halogens is 1. The van der Waals surface area contributed by atoms with Gasteiger partial charge in [-0.2, -0.15) is 0 Å². The van der Waals surface area contributed by atoms with E-state index >= 15 is 0 Å². The van der Waals surface area contributed by atoms with E-state index in [4.69, 9.17) is 9.47 Å². The van der Waals surface area contributed by atoms with E-state index in [0.29, 0.717) is 12.2 Å². The molecule has 2 aromatic rings. The molecule has 1 aliphatic heterocycles. The van der Waals surface area contributed by atoms with Gasteiger partial charge in [-0.05, 0) is 38.8 Å². The molecule has 0 spiro atoms. The van der Waals surface area contributed by atoms with Crippen molar-refractivity contribution in [2.45, 2.75) is 25.4 Å². The zero-order valence-corrected chi connectivity index (χ0v) is 19.4. The number of hydrogen-bond donors (Lipinski definition) is 0. The van der Waals surface area contributed by atoms with Gasteiger partial charge in [0.1, 0.15) is 17.1 Å². The van der Waals surface area contributed by atoms with Crippen molar-refractivity contribution < 1.29 is 49.5 Å². The number of nitrogens with zero attached hydrogens (tertiary/aromatic N) is 1. The third-order valence-corrected chi connectivity index (χ3v) is 3.90. The van der Waals surface area contributed by atoms with Gasteiger partial charge in [0.25, 0.3) is 5.56 Å². The molecular weight excluding hydrogens is 490 g/mol. The Balaban J connectivity index is 0.00000121. The summed E-state index contributed by atoms with van der Waals surface area (Å²) in [5.41, 5.74) is 1.07. The maximum atomic E-state index is 12.5. The molecule has 1 atom stereocenters. The SMILES string of the molecule is [CH2]C1(C)CCc2c(c3ccc(OC)cc3n(C)c2=O)O1.[Cl-].[Hg+]. The molecule has 0 aliphatic carbocycles. The van der Waals surface area contributed by atoms with Crippen LogP contribution in [-0.4, -0.2) is 17.3 Å². The molecule has 1 aliphatic rings. The van der Waals surface area contributed by atoms with Crippen LogP contribution < -0.4 is 27.4 Å². The second kappa shape index (κ2) is 6.79. The summed E-state index contributed by atoms with van der Waals surface area (Å²) in [4.78, 5) is 12.5. The Morgan fingerprint density at radius 3 is 2.73 bits per heavy atom. The van der Waals surface area contributed by atoms with E-state index in [9.17, 15) is 4.79 Å². The molecule has 0 saturated heterocycles. The van der Waals surface area contributed by atoms with Crippen LogP contribution in [0.5, 0.6) is 11.5 Å². The quantitative estimate of drug-likeness (QED) is 0.487. The van der Waals surface area contributed by atoms with Crippen molar-refractivity contribution in [1.82, 2.24) is 4.57 Å². The number of fused-ring (bicyclic) bond motifs is 3. The van der Waals surface area contributed by atoms with Gasteiger partial charge < -0.3 is 26.4 Å². The van der Waals surface area contributed by atoms with Crippen LogP contribution >= 0.6 is 0 Å². The van der Waals surface area contributed by atoms with Gasteiger partial charge in [-0.15, -0.1) is 0 Å². The Morgan fingerprint density at radius 2 is 2.09 bits per heavy atom. The van der Waals surface area contributed by atoms with E-state index in [1.807, 2.05) is 25.1 Å². The summed E-state index contributed by atoms with van der Waals surface area (Å²) in [5, 5.41) is 0.928. The summed E-state index contributed by atoms with van der Waals surface area (Å²) in [6.45, 7) is 6.01. The number of ether oxygens (including phenoxy) is 2. The molecule has 2 radical (unpaired) electrons. The Kier molecular flexibility index (Phi) is 5.96. The first kappa shape index (κ1) is 19.3. The van der Waals surface area contributed by atoms with Gasteiger partial charge >= 0.3 is 27.7 Å². The van der Waals surface area contributed by atoms with E-state index < -0.39 is 5.60 Å². The minimum Gasteiger partial charge on any atom is -1.00 e. The Hall–Kier alpha value is -0.745. The summed E-state index contributed by atoms with van der Waals surface area (Å²) in [6, 6.07) is 5.68. The number of pyridine rings is 1. The summed E-state index contributed by atoms with van der Waals surface area (Å²) in [6.07, 6.45) is 1.45. The van der Waals surface area contributed by atoms with Crippen LogP contribution in [0.25, 0.3) is 10.9 Å². The molecule has 0 amide bonds. The first-order valence-electron chi connectivity index (χ1n) is 6.67. The van der Waals surface area contributed by atoms with Crippen molar-refractivity contribution in [2.75, 3.05) is 7.11 Å². The van der Waals surface area contributed by atoms with Crippen molar-refractivity contribution in [3.63, 3.8) is 0 Å². The predicted octanol–water partition coefficient (Wildman–Crippen LogP) is -0.534. The number of aryl methyl sites for hydroxylation is 1. The number of rotatable bonds is 1. The molecule has 114 valence electrons. The standard InChI is InChI=1S/C16H18NO3.ClH.Hg/c1-16(2)8-7-12-14(20-16)11-6-5-10(19-4)9-13(11)17(3)15(12)18;;/h5-6,9H,1,7-8H2,2-4H3;1H;/q;;+1/p-1. The smallest absolute Gasteiger partial charge is 1.00 e. The summed E-state index contributed by atoms with van der Waals surface area (Å²) in [7, 11) is 3.39. The molecule has 6 heteroatoms. The molecule has 0 bridgehead atoms. The minimum atomic E-state index is -0.480. The molecule has 22 heavy (non-hydrogen) atoms. The van der Waals surface area contributed by atoms with Gasteiger partial charge in [0.05, 0.1) is 18.2 Å². The Labute approximate surface area is 156 Å². The monoisotopic (exact) mass is 509 g/mol. The fourth-order valence-corrected chi connectivity index (χ4v) is 2.70. The third-order valence-electron chi connectivity index (χ3n) is 3.90. The van der Waals surface area contributed by atoms with Gasteiger partial charge in [-0.25, -0.2) is 0 Å². The largest absolute Gasteiger partial charge is 1.00 e.